The van der Waals surface area contributed by atoms with Crippen LogP contribution < -0.4 is 5.32 Å². The fourth-order valence-electron chi connectivity index (χ4n) is 3.94. The van der Waals surface area contributed by atoms with Crippen LogP contribution in [0.15, 0.2) is 30.3 Å². The molecule has 0 atom stereocenters. The minimum absolute atomic E-state index is 0.138. The summed E-state index contributed by atoms with van der Waals surface area (Å²) >= 11 is 0. The molecule has 5 heteroatoms. The summed E-state index contributed by atoms with van der Waals surface area (Å²) < 4.78 is 0. The van der Waals surface area contributed by atoms with Crippen molar-refractivity contribution in [1.29, 1.82) is 0 Å². The molecule has 5 nitrogen and oxygen atoms in total. The molecule has 1 aromatic heterocycles. The van der Waals surface area contributed by atoms with Gasteiger partial charge in [-0.3, -0.25) is 14.8 Å². The SMILES string of the molecule is CN(Cc1ccccc1NC(=O)c1cc(C2CC2)[nH]n1)C1CCCCC1. The number of benzene rings is 1. The number of aromatic nitrogens is 2. The summed E-state index contributed by atoms with van der Waals surface area (Å²) in [7, 11) is 2.20. The number of para-hydroxylation sites is 1. The Morgan fingerprint density at radius 3 is 2.73 bits per heavy atom. The fourth-order valence-corrected chi connectivity index (χ4v) is 3.94. The minimum atomic E-state index is -0.138. The molecular formula is C21H28N4O. The minimum Gasteiger partial charge on any atom is -0.320 e. The van der Waals surface area contributed by atoms with E-state index in [1.165, 1.54) is 44.9 Å². The van der Waals surface area contributed by atoms with Crippen LogP contribution in [0.2, 0.25) is 0 Å². The smallest absolute Gasteiger partial charge is 0.276 e. The van der Waals surface area contributed by atoms with Crippen LogP contribution >= 0.6 is 0 Å². The van der Waals surface area contributed by atoms with Crippen molar-refractivity contribution in [3.8, 4) is 0 Å². The number of rotatable bonds is 6. The summed E-state index contributed by atoms with van der Waals surface area (Å²) in [6.45, 7) is 0.856. The Morgan fingerprint density at radius 1 is 1.19 bits per heavy atom. The predicted molar refractivity (Wildman–Crippen MR) is 103 cm³/mol. The number of nitrogens with one attached hydrogen (secondary N) is 2. The molecule has 4 rings (SSSR count). The molecule has 0 saturated heterocycles. The number of H-pyrrole nitrogens is 1. The molecule has 0 radical (unpaired) electrons. The lowest BCUT2D eigenvalue weighted by Crippen LogP contribution is -2.33. The van der Waals surface area contributed by atoms with Crippen molar-refractivity contribution in [2.45, 2.75) is 63.5 Å². The van der Waals surface area contributed by atoms with Gasteiger partial charge in [0.25, 0.3) is 5.91 Å². The largest absolute Gasteiger partial charge is 0.320 e. The molecule has 2 N–H and O–H groups in total. The van der Waals surface area contributed by atoms with E-state index in [1.54, 1.807) is 0 Å². The maximum atomic E-state index is 12.6. The summed E-state index contributed by atoms with van der Waals surface area (Å²) in [4.78, 5) is 15.0. The third kappa shape index (κ3) is 3.98. The first-order chi connectivity index (χ1) is 12.7. The van der Waals surface area contributed by atoms with E-state index < -0.39 is 0 Å². The van der Waals surface area contributed by atoms with Crippen LogP contribution in [0, 0.1) is 0 Å². The molecule has 0 unspecified atom stereocenters. The molecule has 2 aliphatic rings. The number of nitrogens with zero attached hydrogens (tertiary/aromatic N) is 2. The molecular weight excluding hydrogens is 324 g/mol. The van der Waals surface area contributed by atoms with Crippen LogP contribution in [0.4, 0.5) is 5.69 Å². The van der Waals surface area contributed by atoms with Crippen LogP contribution in [0.3, 0.4) is 0 Å². The topological polar surface area (TPSA) is 61.0 Å². The van der Waals surface area contributed by atoms with Crippen molar-refractivity contribution in [2.24, 2.45) is 0 Å². The lowest BCUT2D eigenvalue weighted by atomic mass is 9.94. The van der Waals surface area contributed by atoms with Gasteiger partial charge in [0.05, 0.1) is 0 Å². The van der Waals surface area contributed by atoms with Gasteiger partial charge in [0.1, 0.15) is 0 Å². The monoisotopic (exact) mass is 352 g/mol. The van der Waals surface area contributed by atoms with Gasteiger partial charge in [0.15, 0.2) is 5.69 Å². The number of aromatic amines is 1. The van der Waals surface area contributed by atoms with Gasteiger partial charge in [-0.2, -0.15) is 5.10 Å². The van der Waals surface area contributed by atoms with E-state index in [1.807, 2.05) is 24.3 Å². The highest BCUT2D eigenvalue weighted by atomic mass is 16.1. The van der Waals surface area contributed by atoms with Gasteiger partial charge in [-0.1, -0.05) is 37.5 Å². The molecule has 1 aromatic carbocycles. The third-order valence-electron chi connectivity index (χ3n) is 5.73. The maximum absolute atomic E-state index is 12.6. The molecule has 2 saturated carbocycles. The molecule has 0 spiro atoms. The van der Waals surface area contributed by atoms with Gasteiger partial charge < -0.3 is 5.32 Å². The van der Waals surface area contributed by atoms with E-state index in [4.69, 9.17) is 0 Å². The van der Waals surface area contributed by atoms with Crippen molar-refractivity contribution in [2.75, 3.05) is 12.4 Å². The van der Waals surface area contributed by atoms with Crippen LogP contribution in [-0.4, -0.2) is 34.1 Å². The first-order valence-corrected chi connectivity index (χ1v) is 9.85. The zero-order valence-electron chi connectivity index (χ0n) is 15.5. The summed E-state index contributed by atoms with van der Waals surface area (Å²) in [5.41, 5.74) is 3.60. The number of hydrogen-bond acceptors (Lipinski definition) is 3. The second-order valence-electron chi connectivity index (χ2n) is 7.80. The highest BCUT2D eigenvalue weighted by molar-refractivity contribution is 6.03. The van der Waals surface area contributed by atoms with Crippen LogP contribution in [0.25, 0.3) is 0 Å². The lowest BCUT2D eigenvalue weighted by Gasteiger charge is -2.31. The van der Waals surface area contributed by atoms with E-state index in [2.05, 4.69) is 33.5 Å². The Balaban J connectivity index is 1.43. The van der Waals surface area contributed by atoms with Crippen LogP contribution in [-0.2, 0) is 6.54 Å². The summed E-state index contributed by atoms with van der Waals surface area (Å²) in [6.07, 6.45) is 8.97. The lowest BCUT2D eigenvalue weighted by molar-refractivity contribution is 0.102. The van der Waals surface area contributed by atoms with E-state index in [0.29, 0.717) is 17.7 Å². The quantitative estimate of drug-likeness (QED) is 0.814. The summed E-state index contributed by atoms with van der Waals surface area (Å²) in [5, 5.41) is 10.3. The van der Waals surface area contributed by atoms with Crippen molar-refractivity contribution in [3.63, 3.8) is 0 Å². The Labute approximate surface area is 155 Å². The molecule has 138 valence electrons. The maximum Gasteiger partial charge on any atom is 0.276 e. The van der Waals surface area contributed by atoms with E-state index in [9.17, 15) is 4.79 Å². The van der Waals surface area contributed by atoms with E-state index in [0.717, 1.165) is 23.5 Å². The number of amides is 1. The van der Waals surface area contributed by atoms with Gasteiger partial charge in [-0.15, -0.1) is 0 Å². The molecule has 1 heterocycles. The zero-order chi connectivity index (χ0) is 17.9. The average Bonchev–Trinajstić information content (AvgIpc) is 3.40. The predicted octanol–water partition coefficient (Wildman–Crippen LogP) is 4.30. The van der Waals surface area contributed by atoms with Crippen molar-refractivity contribution in [3.05, 3.63) is 47.3 Å². The van der Waals surface area contributed by atoms with E-state index >= 15 is 0 Å². The van der Waals surface area contributed by atoms with Gasteiger partial charge in [0.2, 0.25) is 0 Å². The highest BCUT2D eigenvalue weighted by Gasteiger charge is 2.26. The Morgan fingerprint density at radius 2 is 1.96 bits per heavy atom. The van der Waals surface area contributed by atoms with Gasteiger partial charge in [-0.05, 0) is 50.4 Å². The van der Waals surface area contributed by atoms with Gasteiger partial charge in [0, 0.05) is 29.9 Å². The number of carbonyl (C=O) groups excluding carboxylic acids is 1. The third-order valence-corrected chi connectivity index (χ3v) is 5.73. The van der Waals surface area contributed by atoms with E-state index in [-0.39, 0.29) is 5.91 Å². The Bertz CT molecular complexity index is 759. The number of hydrogen-bond donors (Lipinski definition) is 2. The summed E-state index contributed by atoms with van der Waals surface area (Å²) in [5.74, 6) is 0.432. The normalized spacial score (nSPS) is 18.2. The number of carbonyl (C=O) groups is 1. The van der Waals surface area contributed by atoms with Crippen molar-refractivity contribution >= 4 is 11.6 Å². The van der Waals surface area contributed by atoms with Gasteiger partial charge >= 0.3 is 0 Å². The first kappa shape index (κ1) is 17.3. The van der Waals surface area contributed by atoms with Crippen molar-refractivity contribution < 1.29 is 4.79 Å². The molecule has 0 aliphatic heterocycles. The fraction of sp³-hybridized carbons (Fsp3) is 0.524. The zero-order valence-corrected chi connectivity index (χ0v) is 15.5. The molecule has 2 aromatic rings. The standard InChI is InChI=1S/C21H28N4O/c1-25(17-8-3-2-4-9-17)14-16-7-5-6-10-18(16)22-21(26)20-13-19(23-24-20)15-11-12-15/h5-7,10,13,15,17H,2-4,8-9,11-12,14H2,1H3,(H,22,26)(H,23,24). The molecule has 2 fully saturated rings. The summed E-state index contributed by atoms with van der Waals surface area (Å²) in [6, 6.07) is 10.6. The van der Waals surface area contributed by atoms with Crippen molar-refractivity contribution in [1.82, 2.24) is 15.1 Å². The second-order valence-corrected chi connectivity index (χ2v) is 7.80. The van der Waals surface area contributed by atoms with Gasteiger partial charge in [-0.25, -0.2) is 0 Å². The molecule has 26 heavy (non-hydrogen) atoms. The van der Waals surface area contributed by atoms with Crippen LogP contribution in [0.5, 0.6) is 0 Å². The molecule has 2 aliphatic carbocycles. The average molecular weight is 352 g/mol. The Hall–Kier alpha value is -2.14. The molecule has 0 bridgehead atoms. The second kappa shape index (κ2) is 7.62. The molecule has 1 amide bonds. The first-order valence-electron chi connectivity index (χ1n) is 9.85. The highest BCUT2D eigenvalue weighted by Crippen LogP contribution is 2.39. The van der Waals surface area contributed by atoms with Crippen LogP contribution in [0.1, 0.15) is 72.6 Å². The Kier molecular flexibility index (Phi) is 5.07. The number of anilines is 1.